The molecular formula is C20H21FN4OS2. The number of thioether (sulfide) groups is 1. The average Bonchev–Trinajstić information content (AvgIpc) is 3.11. The minimum Gasteiger partial charge on any atom is -0.355 e. The first-order valence-electron chi connectivity index (χ1n) is 8.81. The van der Waals surface area contributed by atoms with E-state index in [9.17, 15) is 9.18 Å². The lowest BCUT2D eigenvalue weighted by molar-refractivity contribution is -0.118. The van der Waals surface area contributed by atoms with E-state index in [0.717, 1.165) is 21.2 Å². The third kappa shape index (κ3) is 6.03. The molecule has 3 aromatic rings. The lowest BCUT2D eigenvalue weighted by atomic mass is 10.1. The van der Waals surface area contributed by atoms with E-state index in [1.54, 1.807) is 12.1 Å². The molecule has 0 aliphatic rings. The number of hydrogen-bond donors (Lipinski definition) is 2. The standard InChI is InChI=1S/C20H21FN4OS2/c1-13-3-8-17(14(2)11-13)23-19-24-25-20(28-19)27-12-18(26)22-10-9-15-4-6-16(21)7-5-15/h3-8,11H,9-10,12H2,1-2H3,(H,22,26)(H,23,24). The number of anilines is 2. The topological polar surface area (TPSA) is 66.9 Å². The molecule has 0 aliphatic heterocycles. The molecule has 2 N–H and O–H groups in total. The van der Waals surface area contributed by atoms with Gasteiger partial charge < -0.3 is 10.6 Å². The van der Waals surface area contributed by atoms with E-state index >= 15 is 0 Å². The van der Waals surface area contributed by atoms with Crippen molar-refractivity contribution in [2.24, 2.45) is 0 Å². The zero-order chi connectivity index (χ0) is 19.9. The Morgan fingerprint density at radius 1 is 1.14 bits per heavy atom. The van der Waals surface area contributed by atoms with Crippen LogP contribution in [0.25, 0.3) is 0 Å². The van der Waals surface area contributed by atoms with Crippen LogP contribution in [0.3, 0.4) is 0 Å². The van der Waals surface area contributed by atoms with E-state index in [-0.39, 0.29) is 17.5 Å². The molecule has 0 bridgehead atoms. The molecule has 3 rings (SSSR count). The molecule has 28 heavy (non-hydrogen) atoms. The monoisotopic (exact) mass is 416 g/mol. The number of nitrogens with zero attached hydrogens (tertiary/aromatic N) is 2. The average molecular weight is 417 g/mol. The van der Waals surface area contributed by atoms with Gasteiger partial charge in [-0.2, -0.15) is 0 Å². The lowest BCUT2D eigenvalue weighted by Crippen LogP contribution is -2.27. The molecule has 1 aromatic heterocycles. The fraction of sp³-hybridized carbons (Fsp3) is 0.250. The number of hydrogen-bond acceptors (Lipinski definition) is 6. The number of amides is 1. The highest BCUT2D eigenvalue weighted by atomic mass is 32.2. The first kappa shape index (κ1) is 20.3. The molecule has 0 spiro atoms. The summed E-state index contributed by atoms with van der Waals surface area (Å²) in [6.45, 7) is 4.62. The maximum absolute atomic E-state index is 12.9. The summed E-state index contributed by atoms with van der Waals surface area (Å²) >= 11 is 2.78. The Hall–Kier alpha value is -2.45. The van der Waals surface area contributed by atoms with E-state index in [1.807, 2.05) is 19.1 Å². The van der Waals surface area contributed by atoms with Gasteiger partial charge in [-0.05, 0) is 49.6 Å². The van der Waals surface area contributed by atoms with Crippen molar-refractivity contribution >= 4 is 39.8 Å². The molecule has 0 radical (unpaired) electrons. The van der Waals surface area contributed by atoms with Gasteiger partial charge in [0.05, 0.1) is 5.75 Å². The van der Waals surface area contributed by atoms with Crippen LogP contribution in [0.15, 0.2) is 46.8 Å². The van der Waals surface area contributed by atoms with Gasteiger partial charge in [-0.15, -0.1) is 10.2 Å². The van der Waals surface area contributed by atoms with Gasteiger partial charge in [0, 0.05) is 12.2 Å². The van der Waals surface area contributed by atoms with Crippen LogP contribution in [0.4, 0.5) is 15.2 Å². The molecule has 0 unspecified atom stereocenters. The third-order valence-corrected chi connectivity index (χ3v) is 5.98. The van der Waals surface area contributed by atoms with Gasteiger partial charge in [0.2, 0.25) is 11.0 Å². The van der Waals surface area contributed by atoms with Crippen molar-refractivity contribution < 1.29 is 9.18 Å². The zero-order valence-corrected chi connectivity index (χ0v) is 17.3. The number of carbonyl (C=O) groups excluding carboxylic acids is 1. The second kappa shape index (κ2) is 9.66. The van der Waals surface area contributed by atoms with E-state index in [1.165, 1.54) is 40.8 Å². The first-order chi connectivity index (χ1) is 13.5. The molecule has 0 saturated heterocycles. The van der Waals surface area contributed by atoms with Gasteiger partial charge in [-0.25, -0.2) is 4.39 Å². The Kier molecular flexibility index (Phi) is 7.00. The molecule has 2 aromatic carbocycles. The number of nitrogens with one attached hydrogen (secondary N) is 2. The van der Waals surface area contributed by atoms with Gasteiger partial charge >= 0.3 is 0 Å². The molecule has 1 amide bonds. The molecule has 0 aliphatic carbocycles. The van der Waals surface area contributed by atoms with Crippen molar-refractivity contribution in [2.75, 3.05) is 17.6 Å². The molecule has 146 valence electrons. The van der Waals surface area contributed by atoms with E-state index in [4.69, 9.17) is 0 Å². The number of rotatable bonds is 8. The lowest BCUT2D eigenvalue weighted by Gasteiger charge is -2.06. The van der Waals surface area contributed by atoms with Crippen LogP contribution in [0.1, 0.15) is 16.7 Å². The largest absolute Gasteiger partial charge is 0.355 e. The van der Waals surface area contributed by atoms with Crippen molar-refractivity contribution in [2.45, 2.75) is 24.6 Å². The van der Waals surface area contributed by atoms with Crippen LogP contribution in [0.2, 0.25) is 0 Å². The van der Waals surface area contributed by atoms with Crippen molar-refractivity contribution in [3.8, 4) is 0 Å². The van der Waals surface area contributed by atoms with Crippen LogP contribution in [-0.2, 0) is 11.2 Å². The molecule has 0 atom stereocenters. The Morgan fingerprint density at radius 3 is 2.68 bits per heavy atom. The summed E-state index contributed by atoms with van der Waals surface area (Å²) in [5, 5.41) is 15.1. The summed E-state index contributed by atoms with van der Waals surface area (Å²) in [6.07, 6.45) is 0.666. The second-order valence-corrected chi connectivity index (χ2v) is 8.53. The van der Waals surface area contributed by atoms with Gasteiger partial charge in [-0.1, -0.05) is 52.9 Å². The van der Waals surface area contributed by atoms with Crippen LogP contribution >= 0.6 is 23.1 Å². The number of benzene rings is 2. The molecule has 5 nitrogen and oxygen atoms in total. The highest BCUT2D eigenvalue weighted by Crippen LogP contribution is 2.28. The number of aromatic nitrogens is 2. The van der Waals surface area contributed by atoms with Crippen LogP contribution in [0, 0.1) is 19.7 Å². The quantitative estimate of drug-likeness (QED) is 0.530. The molecular weight excluding hydrogens is 395 g/mol. The maximum atomic E-state index is 12.9. The normalized spacial score (nSPS) is 10.7. The van der Waals surface area contributed by atoms with E-state index in [2.05, 4.69) is 33.8 Å². The fourth-order valence-electron chi connectivity index (χ4n) is 2.56. The summed E-state index contributed by atoms with van der Waals surface area (Å²) in [5.41, 5.74) is 4.34. The fourth-order valence-corrected chi connectivity index (χ4v) is 4.16. The van der Waals surface area contributed by atoms with Gasteiger partial charge in [0.15, 0.2) is 4.34 Å². The SMILES string of the molecule is Cc1ccc(Nc2nnc(SCC(=O)NCCc3ccc(F)cc3)s2)c(C)c1. The number of aryl methyl sites for hydroxylation is 2. The van der Waals surface area contributed by atoms with Gasteiger partial charge in [0.1, 0.15) is 5.82 Å². The molecule has 0 saturated carbocycles. The predicted molar refractivity (Wildman–Crippen MR) is 113 cm³/mol. The van der Waals surface area contributed by atoms with Crippen molar-refractivity contribution in [1.29, 1.82) is 0 Å². The minimum absolute atomic E-state index is 0.0637. The summed E-state index contributed by atoms with van der Waals surface area (Å²) in [6, 6.07) is 12.5. The Morgan fingerprint density at radius 2 is 1.93 bits per heavy atom. The minimum atomic E-state index is -0.257. The summed E-state index contributed by atoms with van der Waals surface area (Å²) in [4.78, 5) is 12.0. The first-order valence-corrected chi connectivity index (χ1v) is 10.6. The summed E-state index contributed by atoms with van der Waals surface area (Å²) < 4.78 is 13.6. The zero-order valence-electron chi connectivity index (χ0n) is 15.7. The molecule has 0 fully saturated rings. The van der Waals surface area contributed by atoms with Gasteiger partial charge in [-0.3, -0.25) is 4.79 Å². The van der Waals surface area contributed by atoms with E-state index in [0.29, 0.717) is 18.1 Å². The Bertz CT molecular complexity index is 944. The number of carbonyl (C=O) groups is 1. The second-order valence-electron chi connectivity index (χ2n) is 6.33. The van der Waals surface area contributed by atoms with Crippen molar-refractivity contribution in [1.82, 2.24) is 15.5 Å². The molecule has 1 heterocycles. The van der Waals surface area contributed by atoms with Crippen molar-refractivity contribution in [3.63, 3.8) is 0 Å². The van der Waals surface area contributed by atoms with Crippen molar-refractivity contribution in [3.05, 3.63) is 65.0 Å². The Labute approximate surface area is 171 Å². The summed E-state index contributed by atoms with van der Waals surface area (Å²) in [7, 11) is 0. The Balaban J connectivity index is 1.42. The predicted octanol–water partition coefficient (Wildman–Crippen LogP) is 4.49. The highest BCUT2D eigenvalue weighted by molar-refractivity contribution is 8.01. The third-order valence-electron chi connectivity index (χ3n) is 4.01. The number of halogens is 1. The maximum Gasteiger partial charge on any atom is 0.230 e. The smallest absolute Gasteiger partial charge is 0.230 e. The van der Waals surface area contributed by atoms with E-state index < -0.39 is 0 Å². The summed E-state index contributed by atoms with van der Waals surface area (Å²) in [5.74, 6) is -0.0411. The highest BCUT2D eigenvalue weighted by Gasteiger charge is 2.09. The van der Waals surface area contributed by atoms with Crippen LogP contribution < -0.4 is 10.6 Å². The molecule has 8 heteroatoms. The van der Waals surface area contributed by atoms with Gasteiger partial charge in [0.25, 0.3) is 0 Å². The van der Waals surface area contributed by atoms with Crippen LogP contribution in [0.5, 0.6) is 0 Å². The van der Waals surface area contributed by atoms with Crippen LogP contribution in [-0.4, -0.2) is 28.4 Å².